The second-order valence-corrected chi connectivity index (χ2v) is 4.81. The summed E-state index contributed by atoms with van der Waals surface area (Å²) in [5.41, 5.74) is 1.51. The van der Waals surface area contributed by atoms with Crippen LogP contribution >= 0.6 is 11.8 Å². The van der Waals surface area contributed by atoms with Gasteiger partial charge in [-0.1, -0.05) is 13.8 Å². The lowest BCUT2D eigenvalue weighted by molar-refractivity contribution is 0.551. The summed E-state index contributed by atoms with van der Waals surface area (Å²) in [7, 11) is 0. The first kappa shape index (κ1) is 7.53. The van der Waals surface area contributed by atoms with Crippen LogP contribution in [0.4, 0.5) is 0 Å². The van der Waals surface area contributed by atoms with Crippen LogP contribution in [0.15, 0.2) is 11.1 Å². The van der Waals surface area contributed by atoms with Crippen molar-refractivity contribution in [2.45, 2.75) is 32.1 Å². The Labute approximate surface area is 72.6 Å². The first-order valence-electron chi connectivity index (χ1n) is 4.39. The van der Waals surface area contributed by atoms with Gasteiger partial charge >= 0.3 is 0 Å². The predicted octanol–water partition coefficient (Wildman–Crippen LogP) is 2.56. The van der Waals surface area contributed by atoms with Crippen molar-refractivity contribution in [3.8, 4) is 0 Å². The first-order chi connectivity index (χ1) is 5.27. The summed E-state index contributed by atoms with van der Waals surface area (Å²) in [6.45, 7) is 4.54. The Kier molecular flexibility index (Phi) is 1.88. The van der Waals surface area contributed by atoms with Crippen LogP contribution in [-0.2, 0) is 0 Å². The zero-order chi connectivity index (χ0) is 7.84. The van der Waals surface area contributed by atoms with E-state index in [0.717, 1.165) is 11.8 Å². The van der Waals surface area contributed by atoms with Gasteiger partial charge in [-0.3, -0.25) is 0 Å². The molecule has 0 aromatic heterocycles. The number of nitrogens with one attached hydrogen (secondary N) is 1. The van der Waals surface area contributed by atoms with Gasteiger partial charge in [0.2, 0.25) is 0 Å². The molecule has 0 radical (unpaired) electrons. The molecule has 0 amide bonds. The molecule has 2 aliphatic rings. The molecule has 0 bridgehead atoms. The fourth-order valence-electron chi connectivity index (χ4n) is 1.31. The highest BCUT2D eigenvalue weighted by Crippen LogP contribution is 2.40. The molecule has 1 aliphatic carbocycles. The monoisotopic (exact) mass is 169 g/mol. The highest BCUT2D eigenvalue weighted by atomic mass is 32.2. The maximum absolute atomic E-state index is 3.58. The molecule has 1 N–H and O–H groups in total. The quantitative estimate of drug-likeness (QED) is 0.682. The van der Waals surface area contributed by atoms with E-state index in [1.807, 2.05) is 11.8 Å². The van der Waals surface area contributed by atoms with Crippen molar-refractivity contribution in [2.75, 3.05) is 0 Å². The maximum atomic E-state index is 3.58. The molecule has 1 nitrogen and oxygen atoms in total. The van der Waals surface area contributed by atoms with Crippen LogP contribution < -0.4 is 5.32 Å². The predicted molar refractivity (Wildman–Crippen MR) is 50.2 cm³/mol. The van der Waals surface area contributed by atoms with Crippen LogP contribution in [-0.4, -0.2) is 5.37 Å². The van der Waals surface area contributed by atoms with Crippen LogP contribution in [0, 0.1) is 11.8 Å². The van der Waals surface area contributed by atoms with Crippen molar-refractivity contribution in [2.24, 2.45) is 11.8 Å². The number of allylic oxidation sites excluding steroid dienone is 1. The van der Waals surface area contributed by atoms with Gasteiger partial charge in [-0.25, -0.2) is 0 Å². The average Bonchev–Trinajstić information content (AvgIpc) is 2.68. The summed E-state index contributed by atoms with van der Waals surface area (Å²) in [5, 5.41) is 6.54. The van der Waals surface area contributed by atoms with E-state index in [1.54, 1.807) is 0 Å². The topological polar surface area (TPSA) is 12.0 Å². The minimum atomic E-state index is 0.644. The molecular weight excluding hydrogens is 154 g/mol. The average molecular weight is 169 g/mol. The lowest BCUT2D eigenvalue weighted by Crippen LogP contribution is -2.26. The van der Waals surface area contributed by atoms with E-state index in [9.17, 15) is 0 Å². The molecule has 0 spiro atoms. The molecule has 1 fully saturated rings. The lowest BCUT2D eigenvalue weighted by Gasteiger charge is -2.15. The van der Waals surface area contributed by atoms with Crippen molar-refractivity contribution in [3.63, 3.8) is 0 Å². The Morgan fingerprint density at radius 1 is 1.55 bits per heavy atom. The lowest BCUT2D eigenvalue weighted by atomic mass is 10.2. The van der Waals surface area contributed by atoms with Gasteiger partial charge < -0.3 is 5.32 Å². The van der Waals surface area contributed by atoms with Gasteiger partial charge in [-0.15, -0.1) is 11.8 Å². The van der Waals surface area contributed by atoms with Gasteiger partial charge in [0, 0.05) is 5.70 Å². The Bertz CT molecular complexity index is 182. The third-order valence-corrected chi connectivity index (χ3v) is 3.62. The summed E-state index contributed by atoms with van der Waals surface area (Å²) in [4.78, 5) is 0. The van der Waals surface area contributed by atoms with E-state index in [1.165, 1.54) is 18.5 Å². The molecule has 0 aromatic carbocycles. The largest absolute Gasteiger partial charge is 0.375 e. The number of rotatable bonds is 2. The second-order valence-electron chi connectivity index (χ2n) is 3.79. The van der Waals surface area contributed by atoms with Crippen LogP contribution in [0.25, 0.3) is 0 Å². The second kappa shape index (κ2) is 2.74. The van der Waals surface area contributed by atoms with Crippen molar-refractivity contribution in [1.29, 1.82) is 0 Å². The van der Waals surface area contributed by atoms with Crippen molar-refractivity contribution in [3.05, 3.63) is 11.1 Å². The molecule has 0 saturated heterocycles. The Hall–Kier alpha value is -0.110. The fourth-order valence-corrected chi connectivity index (χ4v) is 2.38. The summed E-state index contributed by atoms with van der Waals surface area (Å²) in [6.07, 6.45) is 2.81. The summed E-state index contributed by atoms with van der Waals surface area (Å²) in [6, 6.07) is 0. The van der Waals surface area contributed by atoms with Gasteiger partial charge in [0.15, 0.2) is 0 Å². The minimum absolute atomic E-state index is 0.644. The van der Waals surface area contributed by atoms with Crippen LogP contribution in [0.2, 0.25) is 0 Å². The molecule has 0 aromatic rings. The van der Waals surface area contributed by atoms with E-state index in [2.05, 4.69) is 24.6 Å². The normalized spacial score (nSPS) is 30.5. The number of hydrogen-bond donors (Lipinski definition) is 1. The van der Waals surface area contributed by atoms with E-state index in [4.69, 9.17) is 0 Å². The third kappa shape index (κ3) is 1.56. The zero-order valence-corrected chi connectivity index (χ0v) is 7.95. The van der Waals surface area contributed by atoms with Gasteiger partial charge in [-0.2, -0.15) is 0 Å². The van der Waals surface area contributed by atoms with Crippen molar-refractivity contribution >= 4 is 11.8 Å². The standard InChI is InChI=1S/C9H15NS/c1-6(2)9-10-8(5-11-9)7-3-4-7/h5-7,9-10H,3-4H2,1-2H3. The highest BCUT2D eigenvalue weighted by molar-refractivity contribution is 8.02. The molecule has 2 heteroatoms. The molecule has 1 atom stereocenters. The van der Waals surface area contributed by atoms with Crippen molar-refractivity contribution < 1.29 is 0 Å². The van der Waals surface area contributed by atoms with Gasteiger partial charge in [0.25, 0.3) is 0 Å². The summed E-state index contributed by atoms with van der Waals surface area (Å²) >= 11 is 1.95. The molecule has 1 saturated carbocycles. The fraction of sp³-hybridized carbons (Fsp3) is 0.778. The van der Waals surface area contributed by atoms with Crippen LogP contribution in [0.1, 0.15) is 26.7 Å². The molecule has 2 rings (SSSR count). The van der Waals surface area contributed by atoms with Gasteiger partial charge in [0.1, 0.15) is 0 Å². The van der Waals surface area contributed by atoms with Crippen LogP contribution in [0.5, 0.6) is 0 Å². The SMILES string of the molecule is CC(C)C1NC(C2CC2)=CS1. The molecular formula is C9H15NS. The molecule has 1 heterocycles. The maximum Gasteiger partial charge on any atom is 0.0784 e. The van der Waals surface area contributed by atoms with E-state index >= 15 is 0 Å². The minimum Gasteiger partial charge on any atom is -0.375 e. The molecule has 1 aliphatic heterocycles. The van der Waals surface area contributed by atoms with Crippen molar-refractivity contribution in [1.82, 2.24) is 5.32 Å². The Morgan fingerprint density at radius 3 is 2.73 bits per heavy atom. The van der Waals surface area contributed by atoms with E-state index in [0.29, 0.717) is 5.37 Å². The smallest absolute Gasteiger partial charge is 0.0784 e. The third-order valence-electron chi connectivity index (χ3n) is 2.27. The van der Waals surface area contributed by atoms with E-state index in [-0.39, 0.29) is 0 Å². The summed E-state index contributed by atoms with van der Waals surface area (Å²) in [5.74, 6) is 1.64. The molecule has 1 unspecified atom stereocenters. The summed E-state index contributed by atoms with van der Waals surface area (Å²) < 4.78 is 0. The zero-order valence-electron chi connectivity index (χ0n) is 7.13. The van der Waals surface area contributed by atoms with Crippen LogP contribution in [0.3, 0.4) is 0 Å². The Morgan fingerprint density at radius 2 is 2.27 bits per heavy atom. The van der Waals surface area contributed by atoms with E-state index < -0.39 is 0 Å². The Balaban J connectivity index is 1.89. The number of hydrogen-bond acceptors (Lipinski definition) is 2. The number of thioether (sulfide) groups is 1. The molecule has 62 valence electrons. The first-order valence-corrected chi connectivity index (χ1v) is 5.33. The molecule has 11 heavy (non-hydrogen) atoms. The van der Waals surface area contributed by atoms with Gasteiger partial charge in [0.05, 0.1) is 5.37 Å². The van der Waals surface area contributed by atoms with Gasteiger partial charge in [-0.05, 0) is 30.1 Å². The highest BCUT2D eigenvalue weighted by Gasteiger charge is 2.31.